The summed E-state index contributed by atoms with van der Waals surface area (Å²) in [4.78, 5) is 12.8. The molecule has 2 heterocycles. The molecule has 24 heavy (non-hydrogen) atoms. The van der Waals surface area contributed by atoms with E-state index in [9.17, 15) is 0 Å². The summed E-state index contributed by atoms with van der Waals surface area (Å²) < 4.78 is 6.86. The number of nitrogens with zero attached hydrogens (tertiary/aromatic N) is 3. The molecule has 4 rings (SSSR count). The number of rotatable bonds is 4. The number of fused-ring (bicyclic) bond motifs is 1. The first-order valence-corrected chi connectivity index (χ1v) is 8.26. The molecule has 5 nitrogen and oxygen atoms in total. The Morgan fingerprint density at radius 3 is 2.71 bits per heavy atom. The number of aromatic nitrogens is 3. The van der Waals surface area contributed by atoms with Crippen LogP contribution < -0.4 is 10.5 Å². The molecule has 0 fully saturated rings. The molecule has 0 radical (unpaired) electrons. The van der Waals surface area contributed by atoms with Crippen LogP contribution in [0.1, 0.15) is 5.01 Å². The van der Waals surface area contributed by atoms with E-state index in [4.69, 9.17) is 10.5 Å². The van der Waals surface area contributed by atoms with Crippen LogP contribution in [0.4, 0.5) is 5.95 Å². The molecule has 0 atom stereocenters. The molecular weight excluding hydrogens is 320 g/mol. The summed E-state index contributed by atoms with van der Waals surface area (Å²) in [5, 5.41) is 0.938. The van der Waals surface area contributed by atoms with Crippen LogP contribution in [-0.4, -0.2) is 15.0 Å². The number of hydrogen-bond acceptors (Lipinski definition) is 6. The van der Waals surface area contributed by atoms with Crippen LogP contribution in [0.25, 0.3) is 21.5 Å². The Bertz CT molecular complexity index is 985. The van der Waals surface area contributed by atoms with Gasteiger partial charge in [0.05, 0.1) is 15.9 Å². The van der Waals surface area contributed by atoms with Gasteiger partial charge in [0.1, 0.15) is 17.4 Å². The van der Waals surface area contributed by atoms with Gasteiger partial charge in [-0.1, -0.05) is 24.3 Å². The van der Waals surface area contributed by atoms with Crippen LogP contribution in [0.2, 0.25) is 0 Å². The molecule has 118 valence electrons. The number of thiazole rings is 1. The highest BCUT2D eigenvalue weighted by molar-refractivity contribution is 7.18. The second-order valence-electron chi connectivity index (χ2n) is 5.19. The SMILES string of the molecule is Nc1nccc(-c2ccc3nc(COc4ccccc4)sc3c2)n1. The Morgan fingerprint density at radius 1 is 1.00 bits per heavy atom. The largest absolute Gasteiger partial charge is 0.486 e. The first-order chi connectivity index (χ1) is 11.8. The third-order valence-corrected chi connectivity index (χ3v) is 4.50. The van der Waals surface area contributed by atoms with E-state index < -0.39 is 0 Å². The fourth-order valence-corrected chi connectivity index (χ4v) is 3.31. The summed E-state index contributed by atoms with van der Waals surface area (Å²) in [6, 6.07) is 17.6. The number of anilines is 1. The topological polar surface area (TPSA) is 73.9 Å². The number of ether oxygens (including phenoxy) is 1. The Kier molecular flexibility index (Phi) is 3.80. The molecule has 4 aromatic rings. The number of nitrogens with two attached hydrogens (primary N) is 1. The van der Waals surface area contributed by atoms with Crippen LogP contribution in [0.3, 0.4) is 0 Å². The van der Waals surface area contributed by atoms with E-state index in [-0.39, 0.29) is 5.95 Å². The van der Waals surface area contributed by atoms with Gasteiger partial charge in [0.15, 0.2) is 0 Å². The van der Waals surface area contributed by atoms with Gasteiger partial charge < -0.3 is 10.5 Å². The fraction of sp³-hybridized carbons (Fsp3) is 0.0556. The van der Waals surface area contributed by atoms with Gasteiger partial charge in [0.25, 0.3) is 0 Å². The maximum Gasteiger partial charge on any atom is 0.220 e. The highest BCUT2D eigenvalue weighted by Gasteiger charge is 2.08. The van der Waals surface area contributed by atoms with Crippen LogP contribution in [0.5, 0.6) is 5.75 Å². The van der Waals surface area contributed by atoms with E-state index in [0.29, 0.717) is 6.61 Å². The Morgan fingerprint density at radius 2 is 1.88 bits per heavy atom. The molecule has 2 aromatic heterocycles. The van der Waals surface area contributed by atoms with Gasteiger partial charge in [0, 0.05) is 11.8 Å². The lowest BCUT2D eigenvalue weighted by Gasteiger charge is -2.02. The molecule has 6 heteroatoms. The average molecular weight is 334 g/mol. The van der Waals surface area contributed by atoms with Gasteiger partial charge >= 0.3 is 0 Å². The molecule has 0 amide bonds. The fourth-order valence-electron chi connectivity index (χ4n) is 2.39. The summed E-state index contributed by atoms with van der Waals surface area (Å²) in [5.74, 6) is 1.11. The second kappa shape index (κ2) is 6.25. The molecule has 0 saturated heterocycles. The smallest absolute Gasteiger partial charge is 0.220 e. The highest BCUT2D eigenvalue weighted by atomic mass is 32.1. The number of para-hydroxylation sites is 1. The maximum atomic E-state index is 5.76. The normalized spacial score (nSPS) is 10.8. The number of hydrogen-bond donors (Lipinski definition) is 1. The van der Waals surface area contributed by atoms with Crippen molar-refractivity contribution >= 4 is 27.5 Å². The summed E-state index contributed by atoms with van der Waals surface area (Å²) in [7, 11) is 0. The third-order valence-electron chi connectivity index (χ3n) is 3.51. The van der Waals surface area contributed by atoms with Crippen LogP contribution in [0.15, 0.2) is 60.8 Å². The van der Waals surface area contributed by atoms with Crippen molar-refractivity contribution in [1.82, 2.24) is 15.0 Å². The minimum Gasteiger partial charge on any atom is -0.486 e. The summed E-state index contributed by atoms with van der Waals surface area (Å²) in [5.41, 5.74) is 8.42. The van der Waals surface area contributed by atoms with Gasteiger partial charge in [-0.05, 0) is 30.3 Å². The second-order valence-corrected chi connectivity index (χ2v) is 6.31. The number of nitrogen functional groups attached to an aromatic ring is 1. The lowest BCUT2D eigenvalue weighted by Crippen LogP contribution is -1.94. The molecule has 2 aromatic carbocycles. The lowest BCUT2D eigenvalue weighted by atomic mass is 10.1. The molecule has 0 aliphatic carbocycles. The van der Waals surface area contributed by atoms with Gasteiger partial charge in [-0.25, -0.2) is 15.0 Å². The summed E-state index contributed by atoms with van der Waals surface area (Å²) >= 11 is 1.62. The van der Waals surface area contributed by atoms with Crippen LogP contribution in [-0.2, 0) is 6.61 Å². The van der Waals surface area contributed by atoms with Gasteiger partial charge in [0.2, 0.25) is 5.95 Å². The average Bonchev–Trinajstić information content (AvgIpc) is 3.03. The molecular formula is C18H14N4OS. The zero-order valence-electron chi connectivity index (χ0n) is 12.7. The van der Waals surface area contributed by atoms with Crippen LogP contribution >= 0.6 is 11.3 Å². The molecule has 2 N–H and O–H groups in total. The third kappa shape index (κ3) is 3.04. The van der Waals surface area contributed by atoms with Gasteiger partial charge in [-0.15, -0.1) is 11.3 Å². The maximum absolute atomic E-state index is 5.76. The van der Waals surface area contributed by atoms with Gasteiger partial charge in [-0.3, -0.25) is 0 Å². The van der Waals surface area contributed by atoms with E-state index >= 15 is 0 Å². The lowest BCUT2D eigenvalue weighted by molar-refractivity contribution is 0.306. The van der Waals surface area contributed by atoms with E-state index in [1.54, 1.807) is 17.5 Å². The van der Waals surface area contributed by atoms with Crippen molar-refractivity contribution in [2.24, 2.45) is 0 Å². The zero-order chi connectivity index (χ0) is 16.4. The molecule has 0 unspecified atom stereocenters. The Balaban J connectivity index is 1.59. The quantitative estimate of drug-likeness (QED) is 0.612. The van der Waals surface area contributed by atoms with Gasteiger partial charge in [-0.2, -0.15) is 0 Å². The minimum absolute atomic E-state index is 0.272. The standard InChI is InChI=1S/C18H14N4OS/c19-18-20-9-8-14(22-18)12-6-7-15-16(10-12)24-17(21-15)11-23-13-4-2-1-3-5-13/h1-10H,11H2,(H2,19,20,22). The molecule has 0 aliphatic rings. The van der Waals surface area contributed by atoms with Crippen molar-refractivity contribution in [2.75, 3.05) is 5.73 Å². The van der Waals surface area contributed by atoms with E-state index in [1.165, 1.54) is 0 Å². The molecule has 0 spiro atoms. The minimum atomic E-state index is 0.272. The summed E-state index contributed by atoms with van der Waals surface area (Å²) in [6.45, 7) is 0.457. The first-order valence-electron chi connectivity index (χ1n) is 7.44. The summed E-state index contributed by atoms with van der Waals surface area (Å²) in [6.07, 6.45) is 1.66. The first kappa shape index (κ1) is 14.6. The van der Waals surface area contributed by atoms with Crippen molar-refractivity contribution in [3.63, 3.8) is 0 Å². The molecule has 0 aliphatic heterocycles. The molecule has 0 saturated carbocycles. The predicted molar refractivity (Wildman–Crippen MR) is 95.8 cm³/mol. The Hall–Kier alpha value is -2.99. The van der Waals surface area contributed by atoms with Crippen LogP contribution in [0, 0.1) is 0 Å². The van der Waals surface area contributed by atoms with Crippen molar-refractivity contribution in [2.45, 2.75) is 6.61 Å². The van der Waals surface area contributed by atoms with Crippen molar-refractivity contribution in [1.29, 1.82) is 0 Å². The van der Waals surface area contributed by atoms with E-state index in [1.807, 2.05) is 48.5 Å². The monoisotopic (exact) mass is 334 g/mol. The van der Waals surface area contributed by atoms with Crippen molar-refractivity contribution < 1.29 is 4.74 Å². The van der Waals surface area contributed by atoms with E-state index in [0.717, 1.165) is 32.2 Å². The highest BCUT2D eigenvalue weighted by Crippen LogP contribution is 2.28. The zero-order valence-corrected chi connectivity index (χ0v) is 13.5. The predicted octanol–water partition coefficient (Wildman–Crippen LogP) is 3.91. The van der Waals surface area contributed by atoms with E-state index in [2.05, 4.69) is 21.0 Å². The number of benzene rings is 2. The van der Waals surface area contributed by atoms with Crippen molar-refractivity contribution in [3.8, 4) is 17.0 Å². The molecule has 0 bridgehead atoms. The van der Waals surface area contributed by atoms with Crippen molar-refractivity contribution in [3.05, 3.63) is 65.8 Å². The Labute approximate surface area is 142 Å².